The van der Waals surface area contributed by atoms with Crippen molar-refractivity contribution in [3.63, 3.8) is 0 Å². The van der Waals surface area contributed by atoms with E-state index >= 15 is 0 Å². The summed E-state index contributed by atoms with van der Waals surface area (Å²) in [6.07, 6.45) is 0.0621. The predicted molar refractivity (Wildman–Crippen MR) is 116 cm³/mol. The zero-order valence-electron chi connectivity index (χ0n) is 16.9. The molecule has 0 aliphatic heterocycles. The summed E-state index contributed by atoms with van der Waals surface area (Å²) >= 11 is 0. The summed E-state index contributed by atoms with van der Waals surface area (Å²) in [4.78, 5) is 8.54. The van der Waals surface area contributed by atoms with Gasteiger partial charge in [0.15, 0.2) is 0 Å². The Balaban J connectivity index is 1.80. The van der Waals surface area contributed by atoms with Gasteiger partial charge in [0.1, 0.15) is 0 Å². The number of halogens is 3. The van der Waals surface area contributed by atoms with Crippen LogP contribution >= 0.6 is 0 Å². The SMILES string of the molecule is N#CN=C(N)N(Cc1ccc(NS(=O)(=O)c2cccc(C(F)(F)F)c2)cc1)c1ccncc1. The van der Waals surface area contributed by atoms with Gasteiger partial charge in [-0.2, -0.15) is 18.4 Å². The van der Waals surface area contributed by atoms with Gasteiger partial charge in [-0.05, 0) is 48.0 Å². The van der Waals surface area contributed by atoms with Crippen LogP contribution in [0.2, 0.25) is 0 Å². The van der Waals surface area contributed by atoms with Gasteiger partial charge >= 0.3 is 6.18 Å². The second-order valence-corrected chi connectivity index (χ2v) is 8.37. The number of guanidine groups is 1. The molecule has 2 aromatic carbocycles. The van der Waals surface area contributed by atoms with Crippen molar-refractivity contribution in [3.8, 4) is 6.19 Å². The fourth-order valence-corrected chi connectivity index (χ4v) is 3.96. The molecule has 0 spiro atoms. The number of sulfonamides is 1. The number of aromatic nitrogens is 1. The molecule has 1 aromatic heterocycles. The fourth-order valence-electron chi connectivity index (χ4n) is 2.85. The number of anilines is 2. The van der Waals surface area contributed by atoms with E-state index in [1.807, 2.05) is 0 Å². The highest BCUT2D eigenvalue weighted by Gasteiger charge is 2.31. The maximum Gasteiger partial charge on any atom is 0.416 e. The highest BCUT2D eigenvalue weighted by atomic mass is 32.2. The highest BCUT2D eigenvalue weighted by Crippen LogP contribution is 2.31. The lowest BCUT2D eigenvalue weighted by Crippen LogP contribution is -2.36. The molecule has 0 fully saturated rings. The Hall–Kier alpha value is -4.11. The van der Waals surface area contributed by atoms with E-state index < -0.39 is 26.7 Å². The Bertz CT molecular complexity index is 1290. The third-order valence-electron chi connectivity index (χ3n) is 4.43. The third kappa shape index (κ3) is 5.98. The number of alkyl halides is 3. The minimum Gasteiger partial charge on any atom is -0.369 e. The van der Waals surface area contributed by atoms with Gasteiger partial charge in [0, 0.05) is 23.8 Å². The van der Waals surface area contributed by atoms with Crippen molar-refractivity contribution in [2.75, 3.05) is 9.62 Å². The van der Waals surface area contributed by atoms with Crippen molar-refractivity contribution in [2.24, 2.45) is 10.7 Å². The predicted octanol–water partition coefficient (Wildman–Crippen LogP) is 3.70. The van der Waals surface area contributed by atoms with E-state index in [-0.39, 0.29) is 18.2 Å². The number of nitriles is 1. The molecular weight excluding hydrogens is 457 g/mol. The molecule has 3 aromatic rings. The molecule has 0 saturated heterocycles. The Kier molecular flexibility index (Phi) is 6.83. The maximum absolute atomic E-state index is 12.9. The minimum absolute atomic E-state index is 0.0435. The molecular formula is C21H17F3N6O2S. The molecule has 0 atom stereocenters. The van der Waals surface area contributed by atoms with E-state index in [2.05, 4.69) is 14.7 Å². The lowest BCUT2D eigenvalue weighted by molar-refractivity contribution is -0.137. The van der Waals surface area contributed by atoms with Crippen LogP contribution in [0.4, 0.5) is 24.5 Å². The number of hydrogen-bond acceptors (Lipinski definition) is 5. The van der Waals surface area contributed by atoms with Crippen LogP contribution in [0, 0.1) is 11.5 Å². The minimum atomic E-state index is -4.66. The molecule has 0 unspecified atom stereocenters. The first-order valence-electron chi connectivity index (χ1n) is 9.29. The Morgan fingerprint density at radius 2 is 1.79 bits per heavy atom. The van der Waals surface area contributed by atoms with Gasteiger partial charge in [0.2, 0.25) is 12.2 Å². The largest absolute Gasteiger partial charge is 0.416 e. The number of benzene rings is 2. The Morgan fingerprint density at radius 1 is 1.12 bits per heavy atom. The first-order valence-corrected chi connectivity index (χ1v) is 10.8. The first-order chi connectivity index (χ1) is 15.6. The summed E-state index contributed by atoms with van der Waals surface area (Å²) in [5.74, 6) is -0.0435. The number of aliphatic imine (C=N–C) groups is 1. The van der Waals surface area contributed by atoms with Crippen LogP contribution < -0.4 is 15.4 Å². The van der Waals surface area contributed by atoms with Crippen molar-refractivity contribution in [2.45, 2.75) is 17.6 Å². The lowest BCUT2D eigenvalue weighted by Gasteiger charge is -2.23. The number of pyridine rings is 1. The molecule has 33 heavy (non-hydrogen) atoms. The average molecular weight is 474 g/mol. The topological polar surface area (TPSA) is 124 Å². The van der Waals surface area contributed by atoms with Gasteiger partial charge in [0.25, 0.3) is 10.0 Å². The second-order valence-electron chi connectivity index (χ2n) is 6.69. The standard InChI is InChI=1S/C21H17F3N6O2S/c22-21(23,24)16-2-1-3-19(12-16)33(31,32)29-17-6-4-15(5-7-17)13-30(20(26)28-14-25)18-8-10-27-11-9-18/h1-12,29H,13H2,(H2,26,28). The summed E-state index contributed by atoms with van der Waals surface area (Å²) in [6.45, 7) is 0.210. The van der Waals surface area contributed by atoms with Gasteiger partial charge in [-0.25, -0.2) is 8.42 Å². The molecule has 0 aliphatic carbocycles. The van der Waals surface area contributed by atoms with E-state index in [0.717, 1.165) is 18.2 Å². The van der Waals surface area contributed by atoms with E-state index in [1.165, 1.54) is 12.1 Å². The molecule has 12 heteroatoms. The third-order valence-corrected chi connectivity index (χ3v) is 5.81. The van der Waals surface area contributed by atoms with Crippen molar-refractivity contribution in [1.82, 2.24) is 4.98 Å². The molecule has 3 rings (SSSR count). The molecule has 3 N–H and O–H groups in total. The van der Waals surface area contributed by atoms with Crippen LogP contribution in [-0.2, 0) is 22.7 Å². The fraction of sp³-hybridized carbons (Fsp3) is 0.0952. The first kappa shape index (κ1) is 23.6. The van der Waals surface area contributed by atoms with Crippen molar-refractivity contribution in [3.05, 3.63) is 84.2 Å². The van der Waals surface area contributed by atoms with Gasteiger partial charge < -0.3 is 10.6 Å². The normalized spacial score (nSPS) is 12.1. The number of nitrogens with two attached hydrogens (primary N) is 1. The van der Waals surface area contributed by atoms with E-state index in [9.17, 15) is 21.6 Å². The number of nitrogens with one attached hydrogen (secondary N) is 1. The van der Waals surface area contributed by atoms with Gasteiger partial charge in [-0.1, -0.05) is 18.2 Å². The van der Waals surface area contributed by atoms with Crippen molar-refractivity contribution in [1.29, 1.82) is 5.26 Å². The number of rotatable bonds is 6. The number of nitrogens with zero attached hydrogens (tertiary/aromatic N) is 4. The van der Waals surface area contributed by atoms with Crippen LogP contribution in [0.3, 0.4) is 0 Å². The summed E-state index contributed by atoms with van der Waals surface area (Å²) < 4.78 is 66.0. The van der Waals surface area contributed by atoms with Crippen LogP contribution in [0.1, 0.15) is 11.1 Å². The zero-order chi connectivity index (χ0) is 24.1. The summed E-state index contributed by atoms with van der Waals surface area (Å²) in [7, 11) is -4.24. The van der Waals surface area contributed by atoms with Gasteiger partial charge in [-0.3, -0.25) is 9.71 Å². The summed E-state index contributed by atoms with van der Waals surface area (Å²) in [6, 6.07) is 13.0. The van der Waals surface area contributed by atoms with Gasteiger partial charge in [0.05, 0.1) is 17.0 Å². The molecule has 8 nitrogen and oxygen atoms in total. The lowest BCUT2D eigenvalue weighted by atomic mass is 10.2. The van der Waals surface area contributed by atoms with Crippen LogP contribution in [-0.4, -0.2) is 19.4 Å². The van der Waals surface area contributed by atoms with E-state index in [4.69, 9.17) is 11.0 Å². The van der Waals surface area contributed by atoms with Crippen LogP contribution in [0.5, 0.6) is 0 Å². The molecule has 0 aliphatic rings. The molecule has 0 radical (unpaired) electrons. The Labute approximate surface area is 187 Å². The van der Waals surface area contributed by atoms with E-state index in [1.54, 1.807) is 47.8 Å². The quantitative estimate of drug-likeness (QED) is 0.319. The van der Waals surface area contributed by atoms with Crippen LogP contribution in [0.25, 0.3) is 0 Å². The van der Waals surface area contributed by atoms with Crippen molar-refractivity contribution >= 4 is 27.4 Å². The average Bonchev–Trinajstić information content (AvgIpc) is 2.78. The monoisotopic (exact) mass is 474 g/mol. The Morgan fingerprint density at radius 3 is 2.39 bits per heavy atom. The molecule has 1 heterocycles. The molecule has 170 valence electrons. The molecule has 0 amide bonds. The highest BCUT2D eigenvalue weighted by molar-refractivity contribution is 7.92. The molecule has 0 bridgehead atoms. The second kappa shape index (κ2) is 9.58. The summed E-state index contributed by atoms with van der Waals surface area (Å²) in [5.41, 5.74) is 6.32. The molecule has 0 saturated carbocycles. The smallest absolute Gasteiger partial charge is 0.369 e. The summed E-state index contributed by atoms with van der Waals surface area (Å²) in [5, 5.41) is 8.81. The number of hydrogen-bond donors (Lipinski definition) is 2. The van der Waals surface area contributed by atoms with Gasteiger partial charge in [-0.15, -0.1) is 4.99 Å². The van der Waals surface area contributed by atoms with E-state index in [0.29, 0.717) is 17.3 Å². The van der Waals surface area contributed by atoms with Crippen molar-refractivity contribution < 1.29 is 21.6 Å². The zero-order valence-corrected chi connectivity index (χ0v) is 17.7. The van der Waals surface area contributed by atoms with Crippen LogP contribution in [0.15, 0.2) is 82.9 Å². The maximum atomic E-state index is 12.9.